The van der Waals surface area contributed by atoms with Crippen LogP contribution in [0, 0.1) is 11.8 Å². The van der Waals surface area contributed by atoms with Gasteiger partial charge in [0.25, 0.3) is 0 Å². The molecule has 0 bridgehead atoms. The summed E-state index contributed by atoms with van der Waals surface area (Å²) in [4.78, 5) is 2.54. The Morgan fingerprint density at radius 2 is 1.94 bits per heavy atom. The molecule has 0 aromatic carbocycles. The summed E-state index contributed by atoms with van der Waals surface area (Å²) in [5, 5.41) is 10.5. The van der Waals surface area contributed by atoms with E-state index < -0.39 is 0 Å². The second-order valence-electron chi connectivity index (χ2n) is 6.51. The summed E-state index contributed by atoms with van der Waals surface area (Å²) < 4.78 is 5.77. The minimum atomic E-state index is -0.164. The van der Waals surface area contributed by atoms with Gasteiger partial charge >= 0.3 is 0 Å². The first-order chi connectivity index (χ1) is 8.52. The van der Waals surface area contributed by atoms with Gasteiger partial charge in [-0.3, -0.25) is 4.90 Å². The number of hydrogen-bond acceptors (Lipinski definition) is 3. The molecule has 0 radical (unpaired) electrons. The largest absolute Gasteiger partial charge is 0.391 e. The number of morpholine rings is 1. The number of aliphatic hydroxyl groups excluding tert-OH is 1. The van der Waals surface area contributed by atoms with E-state index in [-0.39, 0.29) is 6.10 Å². The van der Waals surface area contributed by atoms with E-state index in [0.29, 0.717) is 30.0 Å². The van der Waals surface area contributed by atoms with E-state index in [0.717, 1.165) is 26.0 Å². The first-order valence-corrected chi connectivity index (χ1v) is 7.58. The molecule has 3 nitrogen and oxygen atoms in total. The lowest BCUT2D eigenvalue weighted by Gasteiger charge is -2.49. The molecule has 6 unspecified atom stereocenters. The summed E-state index contributed by atoms with van der Waals surface area (Å²) in [6.45, 7) is 10.7. The zero-order valence-electron chi connectivity index (χ0n) is 12.3. The molecule has 3 heteroatoms. The molecular weight excluding hydrogens is 226 g/mol. The van der Waals surface area contributed by atoms with Crippen molar-refractivity contribution in [2.24, 2.45) is 11.8 Å². The highest BCUT2D eigenvalue weighted by Gasteiger charge is 2.41. The van der Waals surface area contributed by atoms with Crippen LogP contribution in [0.2, 0.25) is 0 Å². The molecule has 2 aliphatic rings. The van der Waals surface area contributed by atoms with Gasteiger partial charge in [0.05, 0.1) is 18.8 Å². The lowest BCUT2D eigenvalue weighted by Crippen LogP contribution is -2.60. The fourth-order valence-electron chi connectivity index (χ4n) is 3.94. The number of hydrogen-bond donors (Lipinski definition) is 1. The Kier molecular flexibility index (Phi) is 4.68. The van der Waals surface area contributed by atoms with Gasteiger partial charge in [-0.15, -0.1) is 0 Å². The molecule has 2 rings (SSSR count). The molecule has 1 aliphatic carbocycles. The molecule has 1 saturated heterocycles. The van der Waals surface area contributed by atoms with Crippen LogP contribution in [0.25, 0.3) is 0 Å². The number of aliphatic hydroxyl groups is 1. The van der Waals surface area contributed by atoms with E-state index in [1.165, 1.54) is 6.42 Å². The number of ether oxygens (including phenoxy) is 1. The van der Waals surface area contributed by atoms with Crippen LogP contribution >= 0.6 is 0 Å². The zero-order chi connectivity index (χ0) is 13.3. The minimum absolute atomic E-state index is 0.164. The molecule has 18 heavy (non-hydrogen) atoms. The van der Waals surface area contributed by atoms with Gasteiger partial charge in [0.1, 0.15) is 0 Å². The number of rotatable bonds is 2. The highest BCUT2D eigenvalue weighted by Crippen LogP contribution is 2.34. The summed E-state index contributed by atoms with van der Waals surface area (Å²) in [6, 6.07) is 0.814. The fraction of sp³-hybridized carbons (Fsp3) is 1.00. The molecule has 6 atom stereocenters. The van der Waals surface area contributed by atoms with Crippen LogP contribution in [0.1, 0.15) is 47.0 Å². The van der Waals surface area contributed by atoms with Crippen molar-refractivity contribution in [2.45, 2.75) is 71.2 Å². The van der Waals surface area contributed by atoms with Crippen LogP contribution in [0.5, 0.6) is 0 Å². The molecule has 1 N–H and O–H groups in total. The Bertz CT molecular complexity index is 259. The van der Waals surface area contributed by atoms with Gasteiger partial charge in [-0.1, -0.05) is 20.8 Å². The Balaban J connectivity index is 2.11. The predicted octanol–water partition coefficient (Wildman–Crippen LogP) is 2.28. The summed E-state index contributed by atoms with van der Waals surface area (Å²) in [5.41, 5.74) is 0. The maximum Gasteiger partial charge on any atom is 0.0700 e. The van der Waals surface area contributed by atoms with Crippen molar-refractivity contribution in [3.8, 4) is 0 Å². The Hall–Kier alpha value is -0.120. The average molecular weight is 255 g/mol. The van der Waals surface area contributed by atoms with E-state index in [1.807, 2.05) is 0 Å². The van der Waals surface area contributed by atoms with Crippen molar-refractivity contribution in [2.75, 3.05) is 13.2 Å². The van der Waals surface area contributed by atoms with Crippen LogP contribution in [0.15, 0.2) is 0 Å². The molecule has 0 aromatic heterocycles. The van der Waals surface area contributed by atoms with Crippen LogP contribution in [-0.2, 0) is 4.74 Å². The SMILES string of the molecule is CCC1COC(C)CN1C1C(C)CC(C)CC1O. The molecule has 2 fully saturated rings. The van der Waals surface area contributed by atoms with Gasteiger partial charge < -0.3 is 9.84 Å². The van der Waals surface area contributed by atoms with E-state index in [2.05, 4.69) is 32.6 Å². The monoisotopic (exact) mass is 255 g/mol. The molecule has 0 spiro atoms. The van der Waals surface area contributed by atoms with Crippen molar-refractivity contribution in [3.63, 3.8) is 0 Å². The lowest BCUT2D eigenvalue weighted by atomic mass is 9.76. The normalized spacial score (nSPS) is 47.2. The van der Waals surface area contributed by atoms with Crippen molar-refractivity contribution < 1.29 is 9.84 Å². The molecule has 106 valence electrons. The second-order valence-corrected chi connectivity index (χ2v) is 6.51. The van der Waals surface area contributed by atoms with Crippen molar-refractivity contribution in [3.05, 3.63) is 0 Å². The van der Waals surface area contributed by atoms with E-state index in [9.17, 15) is 5.11 Å². The third-order valence-electron chi connectivity index (χ3n) is 4.76. The van der Waals surface area contributed by atoms with Gasteiger partial charge in [0, 0.05) is 18.6 Å². The van der Waals surface area contributed by atoms with Gasteiger partial charge in [-0.2, -0.15) is 0 Å². The highest BCUT2D eigenvalue weighted by atomic mass is 16.5. The van der Waals surface area contributed by atoms with Crippen LogP contribution in [0.4, 0.5) is 0 Å². The average Bonchev–Trinajstić information content (AvgIpc) is 2.28. The Labute approximate surface area is 112 Å². The first kappa shape index (κ1) is 14.3. The quantitative estimate of drug-likeness (QED) is 0.821. The second kappa shape index (κ2) is 5.89. The Morgan fingerprint density at radius 3 is 2.56 bits per heavy atom. The maximum atomic E-state index is 10.5. The van der Waals surface area contributed by atoms with Gasteiger partial charge in [-0.25, -0.2) is 0 Å². The van der Waals surface area contributed by atoms with Crippen molar-refractivity contribution >= 4 is 0 Å². The maximum absolute atomic E-state index is 10.5. The first-order valence-electron chi connectivity index (χ1n) is 7.58. The summed E-state index contributed by atoms with van der Waals surface area (Å²) in [5.74, 6) is 1.24. The van der Waals surface area contributed by atoms with E-state index in [4.69, 9.17) is 4.74 Å². The molecule has 1 aliphatic heterocycles. The molecular formula is C15H29NO2. The lowest BCUT2D eigenvalue weighted by molar-refractivity contribution is -0.117. The molecule has 0 amide bonds. The Morgan fingerprint density at radius 1 is 1.22 bits per heavy atom. The fourth-order valence-corrected chi connectivity index (χ4v) is 3.94. The van der Waals surface area contributed by atoms with E-state index >= 15 is 0 Å². The molecule has 0 aromatic rings. The van der Waals surface area contributed by atoms with Crippen LogP contribution in [-0.4, -0.2) is 47.4 Å². The van der Waals surface area contributed by atoms with Crippen molar-refractivity contribution in [1.82, 2.24) is 4.90 Å². The van der Waals surface area contributed by atoms with Crippen LogP contribution in [0.3, 0.4) is 0 Å². The molecule has 1 saturated carbocycles. The third kappa shape index (κ3) is 2.89. The summed E-state index contributed by atoms with van der Waals surface area (Å²) in [7, 11) is 0. The smallest absolute Gasteiger partial charge is 0.0700 e. The summed E-state index contributed by atoms with van der Waals surface area (Å²) >= 11 is 0. The minimum Gasteiger partial charge on any atom is -0.391 e. The van der Waals surface area contributed by atoms with Crippen molar-refractivity contribution in [1.29, 1.82) is 0 Å². The predicted molar refractivity (Wildman–Crippen MR) is 73.6 cm³/mol. The topological polar surface area (TPSA) is 32.7 Å². The standard InChI is InChI=1S/C15H29NO2/c1-5-13-9-18-12(4)8-16(13)15-11(3)6-10(2)7-14(15)17/h10-15,17H,5-9H2,1-4H3. The number of nitrogens with zero attached hydrogens (tertiary/aromatic N) is 1. The van der Waals surface area contributed by atoms with Crippen LogP contribution < -0.4 is 0 Å². The molecule has 1 heterocycles. The highest BCUT2D eigenvalue weighted by molar-refractivity contribution is 4.94. The van der Waals surface area contributed by atoms with E-state index in [1.54, 1.807) is 0 Å². The third-order valence-corrected chi connectivity index (χ3v) is 4.76. The zero-order valence-corrected chi connectivity index (χ0v) is 12.3. The van der Waals surface area contributed by atoms with Gasteiger partial charge in [-0.05, 0) is 38.0 Å². The van der Waals surface area contributed by atoms with Gasteiger partial charge in [0.2, 0.25) is 0 Å². The summed E-state index contributed by atoms with van der Waals surface area (Å²) in [6.07, 6.45) is 3.44. The van der Waals surface area contributed by atoms with Gasteiger partial charge in [0.15, 0.2) is 0 Å².